The topological polar surface area (TPSA) is 43.4 Å². The van der Waals surface area contributed by atoms with Crippen molar-refractivity contribution in [3.05, 3.63) is 64.7 Å². The molecule has 0 spiro atoms. The summed E-state index contributed by atoms with van der Waals surface area (Å²) in [7, 11) is -0.123. The molecule has 0 fully saturated rings. The minimum Gasteiger partial charge on any atom is -0.465 e. The first-order valence-corrected chi connectivity index (χ1v) is 10.6. The maximum absolute atomic E-state index is 12.5. The van der Waals surface area contributed by atoms with Crippen LogP contribution in [0.3, 0.4) is 0 Å². The van der Waals surface area contributed by atoms with Gasteiger partial charge in [-0.3, -0.25) is 0 Å². The van der Waals surface area contributed by atoms with E-state index >= 15 is 0 Å². The molecule has 0 saturated heterocycles. The number of rotatable bonds is 2. The molecule has 3 nitrogen and oxygen atoms in total. The van der Waals surface area contributed by atoms with Crippen LogP contribution in [-0.2, 0) is 26.4 Å². The highest BCUT2D eigenvalue weighted by atomic mass is 32.2. The minimum absolute atomic E-state index is 0.116. The summed E-state index contributed by atoms with van der Waals surface area (Å²) in [4.78, 5) is 12.1. The second-order valence-electron chi connectivity index (χ2n) is 8.54. The molecule has 1 aliphatic rings. The van der Waals surface area contributed by atoms with Gasteiger partial charge in [-0.25, -0.2) is 9.00 Å². The van der Waals surface area contributed by atoms with E-state index in [1.54, 1.807) is 24.3 Å². The van der Waals surface area contributed by atoms with Gasteiger partial charge in [-0.2, -0.15) is 0 Å². The van der Waals surface area contributed by atoms with E-state index in [1.165, 1.54) is 24.7 Å². The molecule has 1 unspecified atom stereocenters. The van der Waals surface area contributed by atoms with E-state index in [-0.39, 0.29) is 10.8 Å². The van der Waals surface area contributed by atoms with Crippen LogP contribution in [0.2, 0.25) is 0 Å². The number of hydrogen-bond acceptors (Lipinski definition) is 3. The quantitative estimate of drug-likeness (QED) is 0.535. The number of esters is 1. The number of hydrogen-bond donors (Lipinski definition) is 0. The number of fused-ring (bicyclic) bond motifs is 1. The molecule has 146 valence electrons. The average molecular weight is 395 g/mol. The summed E-state index contributed by atoms with van der Waals surface area (Å²) in [6.07, 6.45) is 2.31. The van der Waals surface area contributed by atoms with Crippen molar-refractivity contribution >= 4 is 16.8 Å². The van der Waals surface area contributed by atoms with Crippen molar-refractivity contribution in [1.29, 1.82) is 0 Å². The standard InChI is InChI=1S/C24H26O3S/c1-23(2)13-14-24(3,4)21-16-17(6-11-20(21)23)12-15-28(26)19-9-7-18(8-10-19)22(25)27-5/h6-11,16H,13-14H2,1-5H3. The van der Waals surface area contributed by atoms with Crippen LogP contribution in [0, 0.1) is 11.2 Å². The number of ether oxygens (including phenoxy) is 1. The molecule has 2 aromatic rings. The fraction of sp³-hybridized carbons (Fsp3) is 0.375. The van der Waals surface area contributed by atoms with Crippen molar-refractivity contribution in [3.63, 3.8) is 0 Å². The minimum atomic E-state index is -1.46. The van der Waals surface area contributed by atoms with Crippen molar-refractivity contribution in [3.8, 4) is 11.2 Å². The first kappa shape index (κ1) is 20.4. The molecule has 4 heteroatoms. The Morgan fingerprint density at radius 2 is 1.57 bits per heavy atom. The summed E-state index contributed by atoms with van der Waals surface area (Å²) in [6.45, 7) is 9.14. The normalized spacial score (nSPS) is 17.6. The van der Waals surface area contributed by atoms with Gasteiger partial charge in [0.1, 0.15) is 10.8 Å². The lowest BCUT2D eigenvalue weighted by atomic mass is 9.63. The molecule has 1 aliphatic carbocycles. The van der Waals surface area contributed by atoms with E-state index in [1.807, 2.05) is 6.07 Å². The predicted octanol–water partition coefficient (Wildman–Crippen LogP) is 4.94. The Bertz CT molecular complexity index is 989. The molecule has 28 heavy (non-hydrogen) atoms. The third-order valence-corrected chi connectivity index (χ3v) is 6.62. The van der Waals surface area contributed by atoms with E-state index < -0.39 is 16.8 Å². The van der Waals surface area contributed by atoms with E-state index in [0.29, 0.717) is 10.5 Å². The van der Waals surface area contributed by atoms with E-state index in [9.17, 15) is 9.00 Å². The predicted molar refractivity (Wildman–Crippen MR) is 113 cm³/mol. The van der Waals surface area contributed by atoms with Gasteiger partial charge in [0.05, 0.1) is 17.6 Å². The molecule has 2 aromatic carbocycles. The summed E-state index contributed by atoms with van der Waals surface area (Å²) in [5.74, 6) is 2.65. The smallest absolute Gasteiger partial charge is 0.337 e. The summed E-state index contributed by atoms with van der Waals surface area (Å²) in [5, 5.41) is 2.84. The molecule has 0 bridgehead atoms. The molecule has 3 rings (SSSR count). The molecule has 0 aromatic heterocycles. The van der Waals surface area contributed by atoms with E-state index in [4.69, 9.17) is 0 Å². The maximum Gasteiger partial charge on any atom is 0.337 e. The Balaban J connectivity index is 1.86. The SMILES string of the molecule is COC(=O)c1ccc(S(=O)C#Cc2ccc3c(c2)C(C)(C)CCC3(C)C)cc1. The first-order valence-electron chi connectivity index (χ1n) is 9.41. The Kier molecular flexibility index (Phi) is 5.50. The number of methoxy groups -OCH3 is 1. The fourth-order valence-electron chi connectivity index (χ4n) is 3.66. The van der Waals surface area contributed by atoms with Gasteiger partial charge in [-0.1, -0.05) is 39.7 Å². The average Bonchev–Trinajstić information content (AvgIpc) is 2.69. The Labute approximate surface area is 170 Å². The van der Waals surface area contributed by atoms with Crippen LogP contribution < -0.4 is 0 Å². The summed E-state index contributed by atoms with van der Waals surface area (Å²) in [5.41, 5.74) is 4.31. The lowest BCUT2D eigenvalue weighted by molar-refractivity contribution is 0.0600. The van der Waals surface area contributed by atoms with Crippen LogP contribution >= 0.6 is 0 Å². The van der Waals surface area contributed by atoms with Crippen LogP contribution in [-0.4, -0.2) is 17.3 Å². The highest BCUT2D eigenvalue weighted by Crippen LogP contribution is 2.45. The number of benzene rings is 2. The molecule has 0 amide bonds. The zero-order chi connectivity index (χ0) is 20.5. The van der Waals surface area contributed by atoms with Crippen LogP contribution in [0.15, 0.2) is 47.4 Å². The van der Waals surface area contributed by atoms with Crippen molar-refractivity contribution in [2.75, 3.05) is 7.11 Å². The first-order chi connectivity index (χ1) is 13.1. The molecule has 0 heterocycles. The zero-order valence-corrected chi connectivity index (χ0v) is 17.9. The lowest BCUT2D eigenvalue weighted by Crippen LogP contribution is -2.33. The number of carbonyl (C=O) groups excluding carboxylic acids is 1. The third-order valence-electron chi connectivity index (χ3n) is 5.63. The monoisotopic (exact) mass is 394 g/mol. The Morgan fingerprint density at radius 1 is 0.964 bits per heavy atom. The van der Waals surface area contributed by atoms with E-state index in [2.05, 4.69) is 55.7 Å². The van der Waals surface area contributed by atoms with Crippen molar-refractivity contribution in [1.82, 2.24) is 0 Å². The summed E-state index contributed by atoms with van der Waals surface area (Å²) < 4.78 is 17.2. The van der Waals surface area contributed by atoms with Crippen LogP contribution in [0.25, 0.3) is 0 Å². The van der Waals surface area contributed by atoms with Crippen molar-refractivity contribution in [2.45, 2.75) is 56.3 Å². The molecule has 0 N–H and O–H groups in total. The van der Waals surface area contributed by atoms with Gasteiger partial charge in [0.2, 0.25) is 0 Å². The molecular formula is C24H26O3S. The highest BCUT2D eigenvalue weighted by Gasteiger charge is 2.36. The Hall–Kier alpha value is -2.38. The molecular weight excluding hydrogens is 368 g/mol. The van der Waals surface area contributed by atoms with Crippen molar-refractivity contribution in [2.24, 2.45) is 0 Å². The van der Waals surface area contributed by atoms with Gasteiger partial charge in [-0.05, 0) is 71.2 Å². The second kappa shape index (κ2) is 7.56. The largest absolute Gasteiger partial charge is 0.465 e. The summed E-state index contributed by atoms with van der Waals surface area (Å²) in [6, 6.07) is 12.8. The zero-order valence-electron chi connectivity index (χ0n) is 17.1. The van der Waals surface area contributed by atoms with Crippen LogP contribution in [0.1, 0.15) is 67.6 Å². The molecule has 0 aliphatic heterocycles. The third kappa shape index (κ3) is 4.05. The van der Waals surface area contributed by atoms with Gasteiger partial charge in [-0.15, -0.1) is 0 Å². The van der Waals surface area contributed by atoms with Crippen LogP contribution in [0.4, 0.5) is 0 Å². The van der Waals surface area contributed by atoms with Gasteiger partial charge in [0, 0.05) is 10.8 Å². The highest BCUT2D eigenvalue weighted by molar-refractivity contribution is 7.89. The van der Waals surface area contributed by atoms with Crippen LogP contribution in [0.5, 0.6) is 0 Å². The molecule has 1 atom stereocenters. The lowest BCUT2D eigenvalue weighted by Gasteiger charge is -2.41. The molecule has 0 saturated carbocycles. The van der Waals surface area contributed by atoms with Gasteiger partial charge in [0.15, 0.2) is 0 Å². The van der Waals surface area contributed by atoms with Gasteiger partial charge in [0.25, 0.3) is 0 Å². The fourth-order valence-corrected chi connectivity index (χ4v) is 4.37. The van der Waals surface area contributed by atoms with Gasteiger partial charge >= 0.3 is 5.97 Å². The molecule has 0 radical (unpaired) electrons. The maximum atomic E-state index is 12.5. The Morgan fingerprint density at radius 3 is 2.18 bits per heavy atom. The van der Waals surface area contributed by atoms with E-state index in [0.717, 1.165) is 12.0 Å². The second-order valence-corrected chi connectivity index (χ2v) is 9.75. The van der Waals surface area contributed by atoms with Gasteiger partial charge < -0.3 is 4.74 Å². The van der Waals surface area contributed by atoms with Crippen molar-refractivity contribution < 1.29 is 13.7 Å². The number of carbonyl (C=O) groups is 1. The summed E-state index contributed by atoms with van der Waals surface area (Å²) >= 11 is 0.